The second-order valence-electron chi connectivity index (χ2n) is 3.97. The lowest BCUT2D eigenvalue weighted by Gasteiger charge is -2.24. The largest absolute Gasteiger partial charge is 0.360 e. The van der Waals surface area contributed by atoms with E-state index in [4.69, 9.17) is 12.2 Å². The van der Waals surface area contributed by atoms with Crippen LogP contribution in [0.5, 0.6) is 0 Å². The van der Waals surface area contributed by atoms with Gasteiger partial charge in [0.15, 0.2) is 5.11 Å². The molecule has 1 unspecified atom stereocenters. The summed E-state index contributed by atoms with van der Waals surface area (Å²) >= 11 is 5.00. The number of thiocarbonyl (C=S) groups is 1. The maximum atomic E-state index is 5.00. The molecule has 2 nitrogen and oxygen atoms in total. The predicted octanol–water partition coefficient (Wildman–Crippen LogP) is 1.27. The van der Waals surface area contributed by atoms with E-state index in [0.717, 1.165) is 17.6 Å². The van der Waals surface area contributed by atoms with Crippen LogP contribution in [0.2, 0.25) is 0 Å². The monoisotopic (exact) mass is 172 g/mol. The van der Waals surface area contributed by atoms with Gasteiger partial charge in [0, 0.05) is 6.54 Å². The van der Waals surface area contributed by atoms with Crippen molar-refractivity contribution in [2.75, 3.05) is 6.54 Å². The first-order chi connectivity index (χ1) is 5.02. The lowest BCUT2D eigenvalue weighted by atomic mass is 9.92. The van der Waals surface area contributed by atoms with Gasteiger partial charge in [-0.05, 0) is 31.5 Å². The Labute approximate surface area is 73.7 Å². The highest BCUT2D eigenvalue weighted by Gasteiger charge is 2.30. The van der Waals surface area contributed by atoms with Crippen molar-refractivity contribution >= 4 is 17.3 Å². The minimum Gasteiger partial charge on any atom is -0.360 e. The maximum Gasteiger partial charge on any atom is 0.166 e. The Morgan fingerprint density at radius 1 is 1.64 bits per heavy atom. The van der Waals surface area contributed by atoms with Crippen LogP contribution in [0.25, 0.3) is 0 Å². The molecule has 1 saturated heterocycles. The van der Waals surface area contributed by atoms with Gasteiger partial charge in [0.05, 0.1) is 5.54 Å². The Morgan fingerprint density at radius 3 is 2.64 bits per heavy atom. The fourth-order valence-electron chi connectivity index (χ4n) is 1.66. The van der Waals surface area contributed by atoms with Crippen LogP contribution in [0, 0.1) is 5.92 Å². The van der Waals surface area contributed by atoms with E-state index in [1.807, 2.05) is 0 Å². The van der Waals surface area contributed by atoms with E-state index < -0.39 is 0 Å². The van der Waals surface area contributed by atoms with Gasteiger partial charge < -0.3 is 10.6 Å². The van der Waals surface area contributed by atoms with Gasteiger partial charge in [-0.2, -0.15) is 0 Å². The van der Waals surface area contributed by atoms with Crippen LogP contribution in [0.3, 0.4) is 0 Å². The second kappa shape index (κ2) is 2.97. The quantitative estimate of drug-likeness (QED) is 0.613. The summed E-state index contributed by atoms with van der Waals surface area (Å²) in [5, 5.41) is 7.22. The fraction of sp³-hybridized carbons (Fsp3) is 0.875. The van der Waals surface area contributed by atoms with Gasteiger partial charge in [-0.1, -0.05) is 13.8 Å². The van der Waals surface area contributed by atoms with Crippen LogP contribution in [0.4, 0.5) is 0 Å². The third-order valence-electron chi connectivity index (χ3n) is 1.91. The third kappa shape index (κ3) is 2.33. The second-order valence-corrected chi connectivity index (χ2v) is 4.37. The minimum atomic E-state index is 0.186. The van der Waals surface area contributed by atoms with Crippen LogP contribution in [0.15, 0.2) is 0 Å². The van der Waals surface area contributed by atoms with E-state index in [0.29, 0.717) is 0 Å². The molecule has 2 N–H and O–H groups in total. The van der Waals surface area contributed by atoms with Gasteiger partial charge in [0.1, 0.15) is 0 Å². The summed E-state index contributed by atoms with van der Waals surface area (Å²) < 4.78 is 0. The molecule has 0 bridgehead atoms. The van der Waals surface area contributed by atoms with Crippen molar-refractivity contribution in [2.45, 2.75) is 32.7 Å². The van der Waals surface area contributed by atoms with Crippen molar-refractivity contribution in [3.63, 3.8) is 0 Å². The molecule has 0 spiro atoms. The van der Waals surface area contributed by atoms with E-state index >= 15 is 0 Å². The summed E-state index contributed by atoms with van der Waals surface area (Å²) in [6.45, 7) is 7.63. The molecule has 1 heterocycles. The summed E-state index contributed by atoms with van der Waals surface area (Å²) in [6, 6.07) is 0. The summed E-state index contributed by atoms with van der Waals surface area (Å²) in [4.78, 5) is 0. The van der Waals surface area contributed by atoms with Crippen molar-refractivity contribution < 1.29 is 0 Å². The van der Waals surface area contributed by atoms with E-state index in [1.165, 1.54) is 6.42 Å². The molecule has 1 aliphatic rings. The molecule has 0 amide bonds. The van der Waals surface area contributed by atoms with Gasteiger partial charge in [-0.3, -0.25) is 0 Å². The van der Waals surface area contributed by atoms with Gasteiger partial charge in [0.25, 0.3) is 0 Å². The van der Waals surface area contributed by atoms with Gasteiger partial charge in [0.2, 0.25) is 0 Å². The molecule has 0 aliphatic carbocycles. The molecule has 1 aliphatic heterocycles. The number of hydrogen-bond acceptors (Lipinski definition) is 1. The molecule has 11 heavy (non-hydrogen) atoms. The molecule has 3 heteroatoms. The minimum absolute atomic E-state index is 0.186. The summed E-state index contributed by atoms with van der Waals surface area (Å²) in [5.41, 5.74) is 0.186. The molecule has 1 atom stereocenters. The normalized spacial score (nSPS) is 30.4. The number of hydrogen-bond donors (Lipinski definition) is 2. The Hall–Kier alpha value is -0.310. The Bertz CT molecular complexity index is 167. The zero-order chi connectivity index (χ0) is 8.48. The number of rotatable bonds is 2. The molecular weight excluding hydrogens is 156 g/mol. The fourth-order valence-corrected chi connectivity index (χ4v) is 1.98. The lowest BCUT2D eigenvalue weighted by Crippen LogP contribution is -2.41. The molecule has 64 valence electrons. The standard InChI is InChI=1S/C8H16N2S/c1-6(2)4-8(3)5-9-7(11)10-8/h6H,4-5H2,1-3H3,(H2,9,10,11). The Kier molecular flexibility index (Phi) is 2.37. The van der Waals surface area contributed by atoms with Crippen molar-refractivity contribution in [1.29, 1.82) is 0 Å². The third-order valence-corrected chi connectivity index (χ3v) is 2.16. The first-order valence-electron chi connectivity index (χ1n) is 4.08. The van der Waals surface area contributed by atoms with Crippen molar-refractivity contribution in [3.05, 3.63) is 0 Å². The highest BCUT2D eigenvalue weighted by Crippen LogP contribution is 2.18. The molecule has 0 radical (unpaired) electrons. The van der Waals surface area contributed by atoms with E-state index in [9.17, 15) is 0 Å². The SMILES string of the molecule is CC(C)CC1(C)CNC(=S)N1. The van der Waals surface area contributed by atoms with Crippen LogP contribution in [-0.4, -0.2) is 17.2 Å². The Morgan fingerprint density at radius 2 is 2.27 bits per heavy atom. The van der Waals surface area contributed by atoms with Crippen LogP contribution in [0.1, 0.15) is 27.2 Å². The molecule has 0 aromatic carbocycles. The first-order valence-corrected chi connectivity index (χ1v) is 4.49. The van der Waals surface area contributed by atoms with Crippen LogP contribution < -0.4 is 10.6 Å². The topological polar surface area (TPSA) is 24.1 Å². The highest BCUT2D eigenvalue weighted by molar-refractivity contribution is 7.80. The molecule has 0 aromatic rings. The number of nitrogens with one attached hydrogen (secondary N) is 2. The van der Waals surface area contributed by atoms with Crippen molar-refractivity contribution in [3.8, 4) is 0 Å². The average molecular weight is 172 g/mol. The van der Waals surface area contributed by atoms with Gasteiger partial charge in [-0.25, -0.2) is 0 Å². The van der Waals surface area contributed by atoms with Crippen molar-refractivity contribution in [2.24, 2.45) is 5.92 Å². The smallest absolute Gasteiger partial charge is 0.166 e. The summed E-state index contributed by atoms with van der Waals surface area (Å²) in [6.07, 6.45) is 1.17. The predicted molar refractivity (Wildman–Crippen MR) is 51.6 cm³/mol. The van der Waals surface area contributed by atoms with Gasteiger partial charge in [-0.15, -0.1) is 0 Å². The molecule has 1 fully saturated rings. The molecule has 0 saturated carbocycles. The van der Waals surface area contributed by atoms with Crippen molar-refractivity contribution in [1.82, 2.24) is 10.6 Å². The molecule has 0 aromatic heterocycles. The van der Waals surface area contributed by atoms with E-state index in [1.54, 1.807) is 0 Å². The molecular formula is C8H16N2S. The zero-order valence-electron chi connectivity index (χ0n) is 7.40. The first kappa shape index (κ1) is 8.78. The maximum absolute atomic E-state index is 5.00. The summed E-state index contributed by atoms with van der Waals surface area (Å²) in [7, 11) is 0. The zero-order valence-corrected chi connectivity index (χ0v) is 8.22. The molecule has 1 rings (SSSR count). The van der Waals surface area contributed by atoms with Crippen LogP contribution >= 0.6 is 12.2 Å². The van der Waals surface area contributed by atoms with E-state index in [2.05, 4.69) is 31.4 Å². The summed E-state index contributed by atoms with van der Waals surface area (Å²) in [5.74, 6) is 0.718. The van der Waals surface area contributed by atoms with Crippen LogP contribution in [-0.2, 0) is 0 Å². The average Bonchev–Trinajstić information content (AvgIpc) is 2.08. The highest BCUT2D eigenvalue weighted by atomic mass is 32.1. The lowest BCUT2D eigenvalue weighted by molar-refractivity contribution is 0.362. The van der Waals surface area contributed by atoms with E-state index in [-0.39, 0.29) is 5.54 Å². The Balaban J connectivity index is 2.48. The van der Waals surface area contributed by atoms with Gasteiger partial charge >= 0.3 is 0 Å².